The van der Waals surface area contributed by atoms with Crippen LogP contribution in [0, 0.1) is 0 Å². The minimum atomic E-state index is -0.778. The summed E-state index contributed by atoms with van der Waals surface area (Å²) in [5.41, 5.74) is 2.71. The highest BCUT2D eigenvalue weighted by Gasteiger charge is 2.15. The first kappa shape index (κ1) is 13.3. The Bertz CT molecular complexity index is 538. The lowest BCUT2D eigenvalue weighted by molar-refractivity contribution is -0.137. The van der Waals surface area contributed by atoms with Crippen molar-refractivity contribution in [2.45, 2.75) is 25.7 Å². The van der Waals surface area contributed by atoms with Crippen LogP contribution >= 0.6 is 0 Å². The number of hydrogen-bond donors (Lipinski definition) is 1. The van der Waals surface area contributed by atoms with Gasteiger partial charge in [0.05, 0.1) is 0 Å². The van der Waals surface area contributed by atoms with Crippen LogP contribution in [0.3, 0.4) is 0 Å². The Morgan fingerprint density at radius 2 is 1.95 bits per heavy atom. The number of ketones is 1. The number of carboxylic acid groups (broad SMARTS) is 1. The van der Waals surface area contributed by atoms with Gasteiger partial charge < -0.3 is 5.11 Å². The summed E-state index contributed by atoms with van der Waals surface area (Å²) in [5, 5.41) is 8.63. The lowest BCUT2D eigenvalue weighted by atomic mass is 9.91. The molecule has 1 aromatic carbocycles. The van der Waals surface area contributed by atoms with E-state index in [0.717, 1.165) is 16.7 Å². The van der Waals surface area contributed by atoms with Crippen LogP contribution in [0.25, 0.3) is 5.57 Å². The van der Waals surface area contributed by atoms with Crippen molar-refractivity contribution in [1.82, 2.24) is 0 Å². The van der Waals surface area contributed by atoms with Crippen LogP contribution in [0.1, 0.15) is 31.2 Å². The molecule has 0 saturated carbocycles. The summed E-state index contributed by atoms with van der Waals surface area (Å²) in [6, 6.07) is 9.58. The molecule has 0 aromatic heterocycles. The van der Waals surface area contributed by atoms with E-state index in [9.17, 15) is 9.59 Å². The number of hydrogen-bond acceptors (Lipinski definition) is 2. The SMILES string of the molecule is O=C(O)CCCC1=CCC(=O)C(c2ccccc2)=C1. The van der Waals surface area contributed by atoms with Gasteiger partial charge in [-0.25, -0.2) is 0 Å². The van der Waals surface area contributed by atoms with Crippen molar-refractivity contribution < 1.29 is 14.7 Å². The zero-order valence-corrected chi connectivity index (χ0v) is 10.6. The molecule has 0 heterocycles. The molecule has 0 amide bonds. The average Bonchev–Trinajstić information content (AvgIpc) is 2.41. The monoisotopic (exact) mass is 256 g/mol. The van der Waals surface area contributed by atoms with E-state index >= 15 is 0 Å². The molecule has 0 unspecified atom stereocenters. The summed E-state index contributed by atoms with van der Waals surface area (Å²) in [7, 11) is 0. The standard InChI is InChI=1S/C16H16O3/c17-15-10-9-12(5-4-8-16(18)19)11-14(15)13-6-2-1-3-7-13/h1-3,6-7,9,11H,4-5,8,10H2,(H,18,19). The van der Waals surface area contributed by atoms with Crippen molar-refractivity contribution in [3.63, 3.8) is 0 Å². The zero-order valence-electron chi connectivity index (χ0n) is 10.6. The Morgan fingerprint density at radius 3 is 2.63 bits per heavy atom. The van der Waals surface area contributed by atoms with Gasteiger partial charge in [-0.2, -0.15) is 0 Å². The third-order valence-electron chi connectivity index (χ3n) is 3.12. The summed E-state index contributed by atoms with van der Waals surface area (Å²) in [4.78, 5) is 22.4. The molecule has 19 heavy (non-hydrogen) atoms. The van der Waals surface area contributed by atoms with Crippen LogP contribution in [0.15, 0.2) is 48.1 Å². The van der Waals surface area contributed by atoms with Crippen molar-refractivity contribution in [2.24, 2.45) is 0 Å². The Morgan fingerprint density at radius 1 is 1.21 bits per heavy atom. The van der Waals surface area contributed by atoms with Crippen molar-refractivity contribution >= 4 is 17.3 Å². The fourth-order valence-electron chi connectivity index (χ4n) is 2.14. The molecule has 0 saturated heterocycles. The van der Waals surface area contributed by atoms with Crippen LogP contribution in [0.2, 0.25) is 0 Å². The van der Waals surface area contributed by atoms with E-state index in [1.54, 1.807) is 0 Å². The third-order valence-corrected chi connectivity index (χ3v) is 3.12. The molecular formula is C16H16O3. The molecule has 98 valence electrons. The maximum atomic E-state index is 11.9. The molecule has 1 N–H and O–H groups in total. The molecule has 3 nitrogen and oxygen atoms in total. The molecule has 1 aliphatic carbocycles. The molecule has 1 aromatic rings. The Kier molecular flexibility index (Phi) is 4.29. The molecule has 3 heteroatoms. The summed E-state index contributed by atoms with van der Waals surface area (Å²) >= 11 is 0. The Labute approximate surface area is 112 Å². The van der Waals surface area contributed by atoms with Gasteiger partial charge in [-0.05, 0) is 24.5 Å². The van der Waals surface area contributed by atoms with Crippen LogP contribution in [-0.4, -0.2) is 16.9 Å². The quantitative estimate of drug-likeness (QED) is 0.880. The molecule has 0 atom stereocenters. The highest BCUT2D eigenvalue weighted by atomic mass is 16.4. The zero-order chi connectivity index (χ0) is 13.7. The number of allylic oxidation sites excluding steroid dienone is 4. The summed E-state index contributed by atoms with van der Waals surface area (Å²) < 4.78 is 0. The summed E-state index contributed by atoms with van der Waals surface area (Å²) in [6.45, 7) is 0. The van der Waals surface area contributed by atoms with E-state index in [2.05, 4.69) is 0 Å². The molecule has 2 rings (SSSR count). The Balaban J connectivity index is 2.10. The minimum absolute atomic E-state index is 0.119. The molecule has 0 aliphatic heterocycles. The molecule has 0 bridgehead atoms. The predicted octanol–water partition coefficient (Wildman–Crippen LogP) is 3.22. The number of carbonyl (C=O) groups excluding carboxylic acids is 1. The second-order valence-corrected chi connectivity index (χ2v) is 4.58. The van der Waals surface area contributed by atoms with Crippen LogP contribution in [0.5, 0.6) is 0 Å². The van der Waals surface area contributed by atoms with Gasteiger partial charge in [0.25, 0.3) is 0 Å². The van der Waals surface area contributed by atoms with E-state index < -0.39 is 5.97 Å². The summed E-state index contributed by atoms with van der Waals surface area (Å²) in [6.07, 6.45) is 5.67. The summed E-state index contributed by atoms with van der Waals surface area (Å²) in [5.74, 6) is -0.659. The predicted molar refractivity (Wildman–Crippen MR) is 73.6 cm³/mol. The van der Waals surface area contributed by atoms with Gasteiger partial charge in [0.1, 0.15) is 0 Å². The number of aliphatic carboxylic acids is 1. The van der Waals surface area contributed by atoms with E-state index in [4.69, 9.17) is 5.11 Å². The van der Waals surface area contributed by atoms with Crippen molar-refractivity contribution in [2.75, 3.05) is 0 Å². The number of carbonyl (C=O) groups is 2. The first-order valence-electron chi connectivity index (χ1n) is 6.38. The van der Waals surface area contributed by atoms with E-state index in [1.165, 1.54) is 0 Å². The second kappa shape index (κ2) is 6.14. The molecule has 0 spiro atoms. The van der Waals surface area contributed by atoms with Crippen molar-refractivity contribution in [3.8, 4) is 0 Å². The second-order valence-electron chi connectivity index (χ2n) is 4.58. The fourth-order valence-corrected chi connectivity index (χ4v) is 2.14. The molecule has 1 aliphatic rings. The first-order valence-corrected chi connectivity index (χ1v) is 6.38. The molecule has 0 fully saturated rings. The first-order chi connectivity index (χ1) is 9.16. The minimum Gasteiger partial charge on any atom is -0.481 e. The Hall–Kier alpha value is -2.16. The maximum Gasteiger partial charge on any atom is 0.303 e. The highest BCUT2D eigenvalue weighted by molar-refractivity contribution is 6.22. The van der Waals surface area contributed by atoms with Gasteiger partial charge in [0.15, 0.2) is 5.78 Å². The average molecular weight is 256 g/mol. The van der Waals surface area contributed by atoms with Crippen LogP contribution < -0.4 is 0 Å². The van der Waals surface area contributed by atoms with E-state index in [-0.39, 0.29) is 12.2 Å². The van der Waals surface area contributed by atoms with E-state index in [0.29, 0.717) is 19.3 Å². The van der Waals surface area contributed by atoms with Gasteiger partial charge in [0, 0.05) is 18.4 Å². The van der Waals surface area contributed by atoms with Gasteiger partial charge in [-0.3, -0.25) is 9.59 Å². The van der Waals surface area contributed by atoms with Gasteiger partial charge in [-0.15, -0.1) is 0 Å². The number of benzene rings is 1. The van der Waals surface area contributed by atoms with E-state index in [1.807, 2.05) is 42.5 Å². The topological polar surface area (TPSA) is 54.4 Å². The maximum absolute atomic E-state index is 11.9. The third kappa shape index (κ3) is 3.65. The number of rotatable bonds is 5. The van der Waals surface area contributed by atoms with Gasteiger partial charge in [-0.1, -0.05) is 42.0 Å². The largest absolute Gasteiger partial charge is 0.481 e. The normalized spacial score (nSPS) is 14.8. The fraction of sp³-hybridized carbons (Fsp3) is 0.250. The molecular weight excluding hydrogens is 240 g/mol. The number of Topliss-reactive ketones (excluding diaryl/α,β-unsaturated/α-hetero) is 1. The number of carboxylic acids is 1. The lowest BCUT2D eigenvalue weighted by Crippen LogP contribution is -2.06. The smallest absolute Gasteiger partial charge is 0.303 e. The lowest BCUT2D eigenvalue weighted by Gasteiger charge is -2.13. The van der Waals surface area contributed by atoms with Crippen molar-refractivity contribution in [3.05, 3.63) is 53.6 Å². The van der Waals surface area contributed by atoms with Gasteiger partial charge in [0.2, 0.25) is 0 Å². The van der Waals surface area contributed by atoms with Crippen molar-refractivity contribution in [1.29, 1.82) is 0 Å². The molecule has 0 radical (unpaired) electrons. The van der Waals surface area contributed by atoms with Crippen LogP contribution in [0.4, 0.5) is 0 Å². The highest BCUT2D eigenvalue weighted by Crippen LogP contribution is 2.25. The van der Waals surface area contributed by atoms with Gasteiger partial charge >= 0.3 is 5.97 Å². The van der Waals surface area contributed by atoms with Crippen LogP contribution in [-0.2, 0) is 9.59 Å².